The number of carbonyl (C=O) groups is 2. The lowest BCUT2D eigenvalue weighted by molar-refractivity contribution is -0.118. The second-order valence-corrected chi connectivity index (χ2v) is 6.47. The molecule has 0 bridgehead atoms. The minimum Gasteiger partial charge on any atom is -0.478 e. The summed E-state index contributed by atoms with van der Waals surface area (Å²) in [5.74, 6) is -1.98. The van der Waals surface area contributed by atoms with E-state index >= 15 is 0 Å². The first-order valence-electron chi connectivity index (χ1n) is 8.23. The number of carboxylic acid groups (broad SMARTS) is 1. The monoisotopic (exact) mass is 370 g/mol. The van der Waals surface area contributed by atoms with Crippen molar-refractivity contribution in [3.05, 3.63) is 70.9 Å². The number of carbonyl (C=O) groups excluding carboxylic acids is 1. The molecule has 1 amide bonds. The number of hydrogen-bond acceptors (Lipinski definition) is 3. The molecule has 2 aromatic rings. The molecule has 1 N–H and O–H groups in total. The third-order valence-electron chi connectivity index (χ3n) is 4.68. The summed E-state index contributed by atoms with van der Waals surface area (Å²) in [5.41, 5.74) is 2.68. The first kappa shape index (κ1) is 18.0. The van der Waals surface area contributed by atoms with Crippen LogP contribution in [0.4, 0.5) is 11.4 Å². The average Bonchev–Trinajstić information content (AvgIpc) is 2.91. The first-order valence-corrected chi connectivity index (χ1v) is 8.60. The Balaban J connectivity index is 2.04. The topological polar surface area (TPSA) is 60.9 Å². The van der Waals surface area contributed by atoms with E-state index in [1.165, 1.54) is 11.0 Å². The van der Waals surface area contributed by atoms with Gasteiger partial charge in [-0.05, 0) is 30.7 Å². The predicted octanol–water partition coefficient (Wildman–Crippen LogP) is 4.14. The van der Waals surface area contributed by atoms with Crippen LogP contribution in [-0.4, -0.2) is 30.6 Å². The lowest BCUT2D eigenvalue weighted by atomic mass is 9.97. The smallest absolute Gasteiger partial charge is 0.339 e. The highest BCUT2D eigenvalue weighted by Gasteiger charge is 2.38. The Kier molecular flexibility index (Phi) is 4.74. The van der Waals surface area contributed by atoms with Crippen molar-refractivity contribution in [1.82, 2.24) is 0 Å². The van der Waals surface area contributed by atoms with Crippen molar-refractivity contribution < 1.29 is 14.7 Å². The van der Waals surface area contributed by atoms with Gasteiger partial charge in [-0.25, -0.2) is 4.79 Å². The van der Waals surface area contributed by atoms with E-state index < -0.39 is 11.9 Å². The van der Waals surface area contributed by atoms with Crippen molar-refractivity contribution in [3.63, 3.8) is 0 Å². The standard InChI is InChI=1S/C20H19ClN2O3/c1-4-23-12(2)17(13-8-5-6-10-15(13)23)19(24)22(3)16-11-7-9-14(21)18(16)20(25)26/h5-11,17H,2,4H2,1,3H3,(H,25,26). The molecule has 5 nitrogen and oxygen atoms in total. The fourth-order valence-electron chi connectivity index (χ4n) is 3.43. The molecular weight excluding hydrogens is 352 g/mol. The molecule has 0 fully saturated rings. The number of anilines is 2. The molecule has 2 aromatic carbocycles. The minimum absolute atomic E-state index is 0.0886. The summed E-state index contributed by atoms with van der Waals surface area (Å²) in [7, 11) is 1.56. The Morgan fingerprint density at radius 1 is 1.23 bits per heavy atom. The Morgan fingerprint density at radius 2 is 1.92 bits per heavy atom. The largest absolute Gasteiger partial charge is 0.478 e. The lowest BCUT2D eigenvalue weighted by Gasteiger charge is -2.25. The molecule has 3 rings (SSSR count). The fraction of sp³-hybridized carbons (Fsp3) is 0.200. The van der Waals surface area contributed by atoms with Gasteiger partial charge in [-0.15, -0.1) is 0 Å². The van der Waals surface area contributed by atoms with Crippen LogP contribution < -0.4 is 9.80 Å². The van der Waals surface area contributed by atoms with Crippen LogP contribution in [0.5, 0.6) is 0 Å². The van der Waals surface area contributed by atoms with E-state index in [1.807, 2.05) is 36.1 Å². The Labute approximate surface area is 157 Å². The number of benzene rings is 2. The Hall–Kier alpha value is -2.79. The van der Waals surface area contributed by atoms with E-state index in [9.17, 15) is 14.7 Å². The zero-order chi connectivity index (χ0) is 19.0. The van der Waals surface area contributed by atoms with Crippen LogP contribution in [0.15, 0.2) is 54.7 Å². The van der Waals surface area contributed by atoms with Gasteiger partial charge in [0.05, 0.1) is 10.7 Å². The minimum atomic E-state index is -1.17. The van der Waals surface area contributed by atoms with Crippen LogP contribution in [0, 0.1) is 0 Å². The van der Waals surface area contributed by atoms with Crippen LogP contribution in [0.2, 0.25) is 5.02 Å². The van der Waals surface area contributed by atoms with Crippen molar-refractivity contribution in [2.24, 2.45) is 0 Å². The predicted molar refractivity (Wildman–Crippen MR) is 103 cm³/mol. The summed E-state index contributed by atoms with van der Waals surface area (Å²) >= 11 is 6.04. The number of aromatic carboxylic acids is 1. The van der Waals surface area contributed by atoms with Crippen LogP contribution in [-0.2, 0) is 4.79 Å². The molecule has 0 saturated heterocycles. The van der Waals surface area contributed by atoms with Gasteiger partial charge in [-0.3, -0.25) is 4.79 Å². The SMILES string of the molecule is C=C1C(C(=O)N(C)c2cccc(Cl)c2C(=O)O)c2ccccc2N1CC. The van der Waals surface area contributed by atoms with Crippen LogP contribution in [0.1, 0.15) is 28.8 Å². The Morgan fingerprint density at radius 3 is 2.58 bits per heavy atom. The normalized spacial score (nSPS) is 15.7. The van der Waals surface area contributed by atoms with Crippen LogP contribution in [0.25, 0.3) is 0 Å². The van der Waals surface area contributed by atoms with E-state index in [0.29, 0.717) is 12.2 Å². The van der Waals surface area contributed by atoms with Crippen molar-refractivity contribution in [3.8, 4) is 0 Å². The van der Waals surface area contributed by atoms with Gasteiger partial charge in [0.2, 0.25) is 5.91 Å². The maximum atomic E-state index is 13.3. The lowest BCUT2D eigenvalue weighted by Crippen LogP contribution is -2.34. The third kappa shape index (κ3) is 2.74. The highest BCUT2D eigenvalue weighted by Crippen LogP contribution is 2.44. The summed E-state index contributed by atoms with van der Waals surface area (Å²) in [6.07, 6.45) is 0. The highest BCUT2D eigenvalue weighted by molar-refractivity contribution is 6.34. The van der Waals surface area contributed by atoms with E-state index in [-0.39, 0.29) is 22.2 Å². The number of carboxylic acids is 1. The van der Waals surface area contributed by atoms with E-state index in [4.69, 9.17) is 11.6 Å². The first-order chi connectivity index (χ1) is 12.4. The van der Waals surface area contributed by atoms with Crippen LogP contribution in [0.3, 0.4) is 0 Å². The number of fused-ring (bicyclic) bond motifs is 1. The Bertz CT molecular complexity index is 910. The molecule has 0 spiro atoms. The van der Waals surface area contributed by atoms with Crippen molar-refractivity contribution in [2.75, 3.05) is 23.4 Å². The van der Waals surface area contributed by atoms with Gasteiger partial charge in [0.25, 0.3) is 0 Å². The van der Waals surface area contributed by atoms with Crippen molar-refractivity contribution in [1.29, 1.82) is 0 Å². The number of hydrogen-bond donors (Lipinski definition) is 1. The van der Waals surface area contributed by atoms with Gasteiger partial charge >= 0.3 is 5.97 Å². The maximum Gasteiger partial charge on any atom is 0.339 e. The number of amides is 1. The average molecular weight is 371 g/mol. The van der Waals surface area contributed by atoms with E-state index in [0.717, 1.165) is 11.3 Å². The van der Waals surface area contributed by atoms with E-state index in [2.05, 4.69) is 6.58 Å². The molecule has 1 unspecified atom stereocenters. The fourth-order valence-corrected chi connectivity index (χ4v) is 3.68. The second-order valence-electron chi connectivity index (χ2n) is 6.06. The number of halogens is 1. The zero-order valence-corrected chi connectivity index (χ0v) is 15.3. The molecular formula is C20H19ClN2O3. The van der Waals surface area contributed by atoms with Gasteiger partial charge in [0.1, 0.15) is 11.5 Å². The second kappa shape index (κ2) is 6.84. The van der Waals surface area contributed by atoms with Gasteiger partial charge in [-0.2, -0.15) is 0 Å². The van der Waals surface area contributed by atoms with E-state index in [1.54, 1.807) is 19.2 Å². The molecule has 0 radical (unpaired) electrons. The maximum absolute atomic E-state index is 13.3. The molecule has 0 saturated carbocycles. The van der Waals surface area contributed by atoms with Gasteiger partial charge in [-0.1, -0.05) is 42.4 Å². The molecule has 0 aliphatic carbocycles. The molecule has 1 heterocycles. The third-order valence-corrected chi connectivity index (χ3v) is 4.99. The number of likely N-dealkylation sites (N-methyl/N-ethyl adjacent to an activating group) is 2. The van der Waals surface area contributed by atoms with Crippen LogP contribution >= 0.6 is 11.6 Å². The molecule has 1 aliphatic heterocycles. The summed E-state index contributed by atoms with van der Waals surface area (Å²) in [5, 5.41) is 9.58. The number of rotatable bonds is 4. The molecule has 1 aliphatic rings. The summed E-state index contributed by atoms with van der Waals surface area (Å²) in [6.45, 7) is 6.80. The van der Waals surface area contributed by atoms with Gasteiger partial charge in [0.15, 0.2) is 0 Å². The molecule has 6 heteroatoms. The zero-order valence-electron chi connectivity index (χ0n) is 14.6. The molecule has 0 aromatic heterocycles. The van der Waals surface area contributed by atoms with Gasteiger partial charge in [0, 0.05) is 25.0 Å². The molecule has 134 valence electrons. The van der Waals surface area contributed by atoms with Crippen molar-refractivity contribution in [2.45, 2.75) is 12.8 Å². The number of nitrogens with zero attached hydrogens (tertiary/aromatic N) is 2. The number of para-hydroxylation sites is 1. The molecule has 1 atom stereocenters. The van der Waals surface area contributed by atoms with Crippen molar-refractivity contribution >= 4 is 34.9 Å². The summed E-state index contributed by atoms with van der Waals surface area (Å²) in [6, 6.07) is 12.4. The summed E-state index contributed by atoms with van der Waals surface area (Å²) < 4.78 is 0. The van der Waals surface area contributed by atoms with Gasteiger partial charge < -0.3 is 14.9 Å². The highest BCUT2D eigenvalue weighted by atomic mass is 35.5. The quantitative estimate of drug-likeness (QED) is 0.878. The molecule has 26 heavy (non-hydrogen) atoms. The summed E-state index contributed by atoms with van der Waals surface area (Å²) in [4.78, 5) is 28.2.